The van der Waals surface area contributed by atoms with Gasteiger partial charge in [0.2, 0.25) is 0 Å². The summed E-state index contributed by atoms with van der Waals surface area (Å²) in [5.74, 6) is -0.624. The number of rotatable bonds is 3. The van der Waals surface area contributed by atoms with E-state index >= 15 is 0 Å². The lowest BCUT2D eigenvalue weighted by molar-refractivity contribution is 0.0690. The maximum absolute atomic E-state index is 10.7. The standard InChI is InChI=1S/C11H15NO2/c1-4-8-6-12-10(11(13)14)5-9(8)7(2)3/h5-7H,4H2,1-3H3,(H,13,14). The SMILES string of the molecule is CCc1cnc(C(=O)O)cc1C(C)C. The molecule has 1 aromatic heterocycles. The van der Waals surface area contributed by atoms with Gasteiger partial charge < -0.3 is 5.11 Å². The fraction of sp³-hybridized carbons (Fsp3) is 0.455. The molecule has 76 valence electrons. The summed E-state index contributed by atoms with van der Waals surface area (Å²) in [4.78, 5) is 14.6. The molecular weight excluding hydrogens is 178 g/mol. The Balaban J connectivity index is 3.20. The first kappa shape index (κ1) is 10.7. The number of hydrogen-bond acceptors (Lipinski definition) is 2. The highest BCUT2D eigenvalue weighted by Crippen LogP contribution is 2.20. The van der Waals surface area contributed by atoms with E-state index in [0.29, 0.717) is 5.92 Å². The lowest BCUT2D eigenvalue weighted by Gasteiger charge is -2.11. The molecule has 0 spiro atoms. The zero-order valence-corrected chi connectivity index (χ0v) is 8.74. The first-order valence-corrected chi connectivity index (χ1v) is 4.78. The highest BCUT2D eigenvalue weighted by Gasteiger charge is 2.11. The number of aromatic carboxylic acids is 1. The molecule has 0 radical (unpaired) electrons. The van der Waals surface area contributed by atoms with Crippen molar-refractivity contribution < 1.29 is 9.90 Å². The Morgan fingerprint density at radius 2 is 2.21 bits per heavy atom. The van der Waals surface area contributed by atoms with Crippen molar-refractivity contribution in [2.24, 2.45) is 0 Å². The number of pyridine rings is 1. The smallest absolute Gasteiger partial charge is 0.354 e. The highest BCUT2D eigenvalue weighted by molar-refractivity contribution is 5.85. The van der Waals surface area contributed by atoms with Gasteiger partial charge in [-0.05, 0) is 29.5 Å². The molecule has 1 heterocycles. The van der Waals surface area contributed by atoms with E-state index in [1.807, 2.05) is 6.92 Å². The highest BCUT2D eigenvalue weighted by atomic mass is 16.4. The van der Waals surface area contributed by atoms with Gasteiger partial charge in [0.05, 0.1) is 0 Å². The normalized spacial score (nSPS) is 10.6. The van der Waals surface area contributed by atoms with Gasteiger partial charge in [-0.1, -0.05) is 20.8 Å². The van der Waals surface area contributed by atoms with Crippen LogP contribution in [0, 0.1) is 0 Å². The van der Waals surface area contributed by atoms with E-state index in [-0.39, 0.29) is 5.69 Å². The molecular formula is C11H15NO2. The van der Waals surface area contributed by atoms with Crippen LogP contribution in [0.15, 0.2) is 12.3 Å². The van der Waals surface area contributed by atoms with E-state index in [1.54, 1.807) is 12.3 Å². The van der Waals surface area contributed by atoms with Gasteiger partial charge in [-0.25, -0.2) is 9.78 Å². The quantitative estimate of drug-likeness (QED) is 0.802. The summed E-state index contributed by atoms with van der Waals surface area (Å²) >= 11 is 0. The second kappa shape index (κ2) is 4.22. The van der Waals surface area contributed by atoms with Gasteiger partial charge in [0.15, 0.2) is 0 Å². The zero-order chi connectivity index (χ0) is 10.7. The van der Waals surface area contributed by atoms with Crippen LogP contribution in [0.25, 0.3) is 0 Å². The number of hydrogen-bond donors (Lipinski definition) is 1. The number of nitrogens with zero attached hydrogens (tertiary/aromatic N) is 1. The van der Waals surface area contributed by atoms with Crippen molar-refractivity contribution in [2.75, 3.05) is 0 Å². The average molecular weight is 193 g/mol. The Bertz CT molecular complexity index is 345. The third-order valence-electron chi connectivity index (χ3n) is 2.24. The molecule has 0 saturated heterocycles. The average Bonchev–Trinajstić information content (AvgIpc) is 2.16. The number of carbonyl (C=O) groups is 1. The van der Waals surface area contributed by atoms with E-state index in [2.05, 4.69) is 18.8 Å². The van der Waals surface area contributed by atoms with Gasteiger partial charge >= 0.3 is 5.97 Å². The largest absolute Gasteiger partial charge is 0.477 e. The molecule has 0 unspecified atom stereocenters. The van der Waals surface area contributed by atoms with Crippen molar-refractivity contribution in [2.45, 2.75) is 33.1 Å². The first-order valence-electron chi connectivity index (χ1n) is 4.78. The van der Waals surface area contributed by atoms with Crippen LogP contribution >= 0.6 is 0 Å². The minimum atomic E-state index is -0.963. The molecule has 0 bridgehead atoms. The molecule has 0 aliphatic carbocycles. The summed E-state index contributed by atoms with van der Waals surface area (Å²) in [6, 6.07) is 1.67. The Labute approximate surface area is 83.8 Å². The molecule has 0 amide bonds. The van der Waals surface area contributed by atoms with Gasteiger partial charge in [-0.3, -0.25) is 0 Å². The van der Waals surface area contributed by atoms with Crippen LogP contribution in [0.2, 0.25) is 0 Å². The van der Waals surface area contributed by atoms with Crippen LogP contribution in [-0.4, -0.2) is 16.1 Å². The maximum Gasteiger partial charge on any atom is 0.354 e. The Kier molecular flexibility index (Phi) is 3.23. The molecule has 3 heteroatoms. The van der Waals surface area contributed by atoms with Crippen molar-refractivity contribution in [1.29, 1.82) is 0 Å². The summed E-state index contributed by atoms with van der Waals surface area (Å²) in [5, 5.41) is 8.79. The Morgan fingerprint density at radius 1 is 1.57 bits per heavy atom. The molecule has 14 heavy (non-hydrogen) atoms. The van der Waals surface area contributed by atoms with E-state index in [4.69, 9.17) is 5.11 Å². The number of aromatic nitrogens is 1. The molecule has 0 saturated carbocycles. The third kappa shape index (κ3) is 2.10. The van der Waals surface area contributed by atoms with Crippen molar-refractivity contribution in [3.05, 3.63) is 29.1 Å². The van der Waals surface area contributed by atoms with Gasteiger partial charge in [-0.2, -0.15) is 0 Å². The molecule has 3 nitrogen and oxygen atoms in total. The van der Waals surface area contributed by atoms with Crippen LogP contribution in [0.1, 0.15) is 48.3 Å². The summed E-state index contributed by atoms with van der Waals surface area (Å²) in [5.41, 5.74) is 2.34. The first-order chi connectivity index (χ1) is 6.56. The zero-order valence-electron chi connectivity index (χ0n) is 8.74. The Morgan fingerprint density at radius 3 is 2.64 bits per heavy atom. The summed E-state index contributed by atoms with van der Waals surface area (Å²) in [7, 11) is 0. The van der Waals surface area contributed by atoms with Crippen LogP contribution in [0.5, 0.6) is 0 Å². The molecule has 0 aliphatic rings. The molecule has 1 aromatic rings. The summed E-state index contributed by atoms with van der Waals surface area (Å²) < 4.78 is 0. The minimum Gasteiger partial charge on any atom is -0.477 e. The van der Waals surface area contributed by atoms with Crippen LogP contribution < -0.4 is 0 Å². The van der Waals surface area contributed by atoms with Crippen molar-refractivity contribution in [3.63, 3.8) is 0 Å². The molecule has 0 fully saturated rings. The van der Waals surface area contributed by atoms with Crippen LogP contribution in [-0.2, 0) is 6.42 Å². The second-order valence-corrected chi connectivity index (χ2v) is 3.58. The van der Waals surface area contributed by atoms with Crippen LogP contribution in [0.4, 0.5) is 0 Å². The fourth-order valence-electron chi connectivity index (χ4n) is 1.45. The molecule has 0 aromatic carbocycles. The van der Waals surface area contributed by atoms with Gasteiger partial charge in [0, 0.05) is 6.20 Å². The second-order valence-electron chi connectivity index (χ2n) is 3.58. The number of carboxylic acids is 1. The lowest BCUT2D eigenvalue weighted by atomic mass is 9.97. The number of aryl methyl sites for hydroxylation is 1. The number of carboxylic acid groups (broad SMARTS) is 1. The van der Waals surface area contributed by atoms with E-state index in [1.165, 1.54) is 0 Å². The predicted molar refractivity (Wildman–Crippen MR) is 54.7 cm³/mol. The topological polar surface area (TPSA) is 50.2 Å². The van der Waals surface area contributed by atoms with Crippen molar-refractivity contribution in [3.8, 4) is 0 Å². The monoisotopic (exact) mass is 193 g/mol. The van der Waals surface area contributed by atoms with Crippen molar-refractivity contribution in [1.82, 2.24) is 4.98 Å². The predicted octanol–water partition coefficient (Wildman–Crippen LogP) is 2.47. The van der Waals surface area contributed by atoms with E-state index < -0.39 is 5.97 Å². The third-order valence-corrected chi connectivity index (χ3v) is 2.24. The molecule has 0 aliphatic heterocycles. The molecule has 0 atom stereocenters. The Hall–Kier alpha value is -1.38. The van der Waals surface area contributed by atoms with Gasteiger partial charge in [-0.15, -0.1) is 0 Å². The maximum atomic E-state index is 10.7. The van der Waals surface area contributed by atoms with Gasteiger partial charge in [0.25, 0.3) is 0 Å². The van der Waals surface area contributed by atoms with E-state index in [9.17, 15) is 4.79 Å². The van der Waals surface area contributed by atoms with Gasteiger partial charge in [0.1, 0.15) is 5.69 Å². The van der Waals surface area contributed by atoms with Crippen molar-refractivity contribution >= 4 is 5.97 Å². The molecule has 1 rings (SSSR count). The fourth-order valence-corrected chi connectivity index (χ4v) is 1.45. The summed E-state index contributed by atoms with van der Waals surface area (Å²) in [6.45, 7) is 6.16. The minimum absolute atomic E-state index is 0.130. The lowest BCUT2D eigenvalue weighted by Crippen LogP contribution is -2.05. The molecule has 1 N–H and O–H groups in total. The van der Waals surface area contributed by atoms with Crippen LogP contribution in [0.3, 0.4) is 0 Å². The van der Waals surface area contributed by atoms with E-state index in [0.717, 1.165) is 17.5 Å². The summed E-state index contributed by atoms with van der Waals surface area (Å²) in [6.07, 6.45) is 2.55.